The highest BCUT2D eigenvalue weighted by Crippen LogP contribution is 2.72. The van der Waals surface area contributed by atoms with Gasteiger partial charge in [0.05, 0.1) is 6.10 Å². The third kappa shape index (κ3) is 3.67. The topological polar surface area (TPSA) is 99.1 Å². The summed E-state index contributed by atoms with van der Waals surface area (Å²) in [6.45, 7) is 9.45. The lowest BCUT2D eigenvalue weighted by Crippen LogP contribution is -2.71. The van der Waals surface area contributed by atoms with Crippen molar-refractivity contribution < 1.29 is 46.9 Å². The Morgan fingerprint density at radius 1 is 1.09 bits per heavy atom. The second-order valence-electron chi connectivity index (χ2n) is 15.5. The highest BCUT2D eigenvalue weighted by molar-refractivity contribution is 6.01. The van der Waals surface area contributed by atoms with E-state index in [4.69, 9.17) is 14.2 Å². The lowest BCUT2D eigenvalue weighted by Gasteiger charge is -2.62. The first-order chi connectivity index (χ1) is 19.9. The molecule has 0 aromatic heterocycles. The van der Waals surface area contributed by atoms with Gasteiger partial charge in [0.25, 0.3) is 0 Å². The van der Waals surface area contributed by atoms with Crippen molar-refractivity contribution in [3.63, 3.8) is 0 Å². The van der Waals surface area contributed by atoms with Gasteiger partial charge in [-0.1, -0.05) is 40.7 Å². The molecular weight excluding hydrogens is 565 g/mol. The van der Waals surface area contributed by atoms with Gasteiger partial charge in [-0.25, -0.2) is 22.8 Å². The fraction of sp³-hybridized carbons (Fsp3) is 0.788. The first-order valence-corrected chi connectivity index (χ1v) is 15.5. The van der Waals surface area contributed by atoms with Crippen LogP contribution in [0.2, 0.25) is 0 Å². The number of hydrogen-bond acceptors (Lipinski definition) is 7. The van der Waals surface area contributed by atoms with Gasteiger partial charge in [-0.3, -0.25) is 4.79 Å². The Balaban J connectivity index is 1.39. The molecule has 0 heterocycles. The average Bonchev–Trinajstić information content (AvgIpc) is 3.48. The zero-order valence-corrected chi connectivity index (χ0v) is 25.8. The third-order valence-electron chi connectivity index (χ3n) is 13.3. The first kappa shape index (κ1) is 30.7. The van der Waals surface area contributed by atoms with Crippen molar-refractivity contribution >= 4 is 17.9 Å². The number of allylic oxidation sites excluding steroid dienone is 4. The van der Waals surface area contributed by atoms with Gasteiger partial charge in [0.15, 0.2) is 11.5 Å². The minimum atomic E-state index is -2.38. The van der Waals surface area contributed by atoms with Crippen molar-refractivity contribution in [1.82, 2.24) is 0 Å². The van der Waals surface area contributed by atoms with Gasteiger partial charge >= 0.3 is 12.1 Å². The van der Waals surface area contributed by atoms with Crippen molar-refractivity contribution in [3.05, 3.63) is 23.8 Å². The number of rotatable bonds is 4. The van der Waals surface area contributed by atoms with Crippen LogP contribution in [0.3, 0.4) is 0 Å². The molecule has 12 atom stereocenters. The van der Waals surface area contributed by atoms with Crippen LogP contribution in [0.1, 0.15) is 80.1 Å². The lowest BCUT2D eigenvalue weighted by molar-refractivity contribution is -0.237. The number of alkyl halides is 3. The van der Waals surface area contributed by atoms with Gasteiger partial charge in [0.1, 0.15) is 12.3 Å². The molecule has 0 saturated heterocycles. The van der Waals surface area contributed by atoms with E-state index < -0.39 is 83.0 Å². The first-order valence-electron chi connectivity index (χ1n) is 15.5. The minimum Gasteiger partial charge on any atom is -0.431 e. The smallest absolute Gasteiger partial charge is 0.431 e. The number of ether oxygens (including phenoxy) is 3. The van der Waals surface area contributed by atoms with Crippen LogP contribution in [0.25, 0.3) is 0 Å². The summed E-state index contributed by atoms with van der Waals surface area (Å²) >= 11 is 0. The number of carbonyl (C=O) groups excluding carboxylic acids is 3. The van der Waals surface area contributed by atoms with E-state index in [1.54, 1.807) is 13.8 Å². The molecule has 0 spiro atoms. The quantitative estimate of drug-likeness (QED) is 0.384. The van der Waals surface area contributed by atoms with Crippen LogP contribution in [-0.4, -0.2) is 59.5 Å². The van der Waals surface area contributed by atoms with Crippen LogP contribution >= 0.6 is 0 Å². The summed E-state index contributed by atoms with van der Waals surface area (Å²) in [7, 11) is 0. The van der Waals surface area contributed by atoms with E-state index >= 15 is 8.78 Å². The zero-order chi connectivity index (χ0) is 31.5. The van der Waals surface area contributed by atoms with Crippen molar-refractivity contribution in [3.8, 4) is 0 Å². The molecule has 43 heavy (non-hydrogen) atoms. The molecule has 6 aliphatic carbocycles. The average molecular weight is 609 g/mol. The Kier molecular flexibility index (Phi) is 6.65. The predicted molar refractivity (Wildman–Crippen MR) is 149 cm³/mol. The normalized spacial score (nSPS) is 50.8. The monoisotopic (exact) mass is 608 g/mol. The van der Waals surface area contributed by atoms with Crippen molar-refractivity contribution in [2.24, 2.45) is 45.3 Å². The molecule has 238 valence electrons. The number of esters is 1. The number of ketones is 1. The highest BCUT2D eigenvalue weighted by atomic mass is 19.1. The minimum absolute atomic E-state index is 0.0163. The Bertz CT molecular complexity index is 1310. The lowest BCUT2D eigenvalue weighted by atomic mass is 9.44. The predicted octanol–water partition coefficient (Wildman–Crippen LogP) is 6.13. The van der Waals surface area contributed by atoms with Gasteiger partial charge in [0, 0.05) is 33.5 Å². The standard InChI is InChI=1S/C33H43F3O7/c1-17-11-20-21-13-23(35)22-12-19(37)8-10-30(22,5)32(21,36)24(38)15-31(20,6)33(17,26(39)41-16-34)43-27(40)42-25-28(2,3)18-7-9-29(25,4)14-18/h8,10,12,17-18,20-21,23-25,38H,7,9,11,13-16H2,1-6H3/t17-,18-,20+,21+,23+,24+,25+,29-,30+,31+,32+,33+/m1/s1. The van der Waals surface area contributed by atoms with E-state index in [9.17, 15) is 23.9 Å². The number of carbonyl (C=O) groups is 3. The largest absolute Gasteiger partial charge is 0.509 e. The maximum atomic E-state index is 17.6. The molecule has 0 aromatic carbocycles. The zero-order valence-electron chi connectivity index (χ0n) is 25.8. The van der Waals surface area contributed by atoms with Crippen LogP contribution < -0.4 is 0 Å². The Hall–Kier alpha value is -2.36. The van der Waals surface area contributed by atoms with Crippen molar-refractivity contribution in [2.45, 2.75) is 110 Å². The Morgan fingerprint density at radius 3 is 2.42 bits per heavy atom. The van der Waals surface area contributed by atoms with Crippen LogP contribution in [-0.2, 0) is 23.8 Å². The van der Waals surface area contributed by atoms with Crippen molar-refractivity contribution in [2.75, 3.05) is 6.86 Å². The maximum Gasteiger partial charge on any atom is 0.509 e. The number of halogens is 3. The van der Waals surface area contributed by atoms with E-state index in [0.29, 0.717) is 5.92 Å². The second kappa shape index (κ2) is 9.33. The maximum absolute atomic E-state index is 17.6. The molecule has 6 rings (SSSR count). The van der Waals surface area contributed by atoms with Crippen LogP contribution in [0.5, 0.6) is 0 Å². The fourth-order valence-corrected chi connectivity index (χ4v) is 11.2. The summed E-state index contributed by atoms with van der Waals surface area (Å²) in [4.78, 5) is 39.6. The van der Waals surface area contributed by atoms with Crippen LogP contribution in [0.4, 0.5) is 18.0 Å². The van der Waals surface area contributed by atoms with E-state index in [1.807, 2.05) is 13.8 Å². The summed E-state index contributed by atoms with van der Waals surface area (Å²) in [5.74, 6) is -3.88. The number of aliphatic hydroxyl groups is 1. The van der Waals surface area contributed by atoms with Gasteiger partial charge < -0.3 is 19.3 Å². The molecule has 6 aliphatic rings. The fourth-order valence-electron chi connectivity index (χ4n) is 11.2. The molecule has 5 saturated carbocycles. The van der Waals surface area contributed by atoms with Gasteiger partial charge in [0.2, 0.25) is 12.5 Å². The summed E-state index contributed by atoms with van der Waals surface area (Å²) in [6, 6.07) is 0. The highest BCUT2D eigenvalue weighted by Gasteiger charge is 2.79. The van der Waals surface area contributed by atoms with Gasteiger partial charge in [-0.2, -0.15) is 0 Å². The molecule has 1 N–H and O–H groups in total. The molecule has 0 amide bonds. The molecule has 0 radical (unpaired) electrons. The van der Waals surface area contributed by atoms with E-state index in [2.05, 4.69) is 6.92 Å². The summed E-state index contributed by atoms with van der Waals surface area (Å²) < 4.78 is 63.9. The number of aliphatic hydroxyl groups excluding tert-OH is 1. The molecule has 2 bridgehead atoms. The molecule has 10 heteroatoms. The van der Waals surface area contributed by atoms with E-state index in [-0.39, 0.29) is 35.7 Å². The third-order valence-corrected chi connectivity index (χ3v) is 13.3. The molecule has 0 aromatic rings. The second-order valence-corrected chi connectivity index (χ2v) is 15.5. The molecule has 7 nitrogen and oxygen atoms in total. The summed E-state index contributed by atoms with van der Waals surface area (Å²) in [5.41, 5.74) is -8.15. The van der Waals surface area contributed by atoms with Crippen molar-refractivity contribution in [1.29, 1.82) is 0 Å². The van der Waals surface area contributed by atoms with Gasteiger partial charge in [-0.05, 0) is 75.0 Å². The van der Waals surface area contributed by atoms with Crippen LogP contribution in [0, 0.1) is 45.3 Å². The summed E-state index contributed by atoms with van der Waals surface area (Å²) in [5, 5.41) is 11.7. The Labute approximate surface area is 250 Å². The SMILES string of the molecule is C[C@@H]1C[C@H]2[C@@H]3C[C@H](F)C4=CC(=O)C=C[C@]4(C)[C@@]3(F)[C@@H](O)C[C@]2(C)[C@@]1(OC(=O)O[C@H]1C(C)(C)[C@@H]2CC[C@]1(C)C2)C(=O)OCF. The van der Waals surface area contributed by atoms with Gasteiger partial charge in [-0.15, -0.1) is 0 Å². The number of hydrogen-bond donors (Lipinski definition) is 1. The molecule has 5 fully saturated rings. The van der Waals surface area contributed by atoms with Crippen LogP contribution in [0.15, 0.2) is 23.8 Å². The number of fused-ring (bicyclic) bond motifs is 7. The molecule has 0 unspecified atom stereocenters. The van der Waals surface area contributed by atoms with E-state index in [0.717, 1.165) is 25.3 Å². The van der Waals surface area contributed by atoms with E-state index in [1.165, 1.54) is 19.1 Å². The Morgan fingerprint density at radius 2 is 1.79 bits per heavy atom. The summed E-state index contributed by atoms with van der Waals surface area (Å²) in [6.07, 6.45) is 0.924. The molecule has 0 aliphatic heterocycles. The molecular formula is C33H43F3O7.